The molecule has 0 spiro atoms. The first-order chi connectivity index (χ1) is 11.4. The highest BCUT2D eigenvalue weighted by molar-refractivity contribution is 7.92. The third-order valence-electron chi connectivity index (χ3n) is 3.17. The number of rotatable bonds is 4. The quantitative estimate of drug-likeness (QED) is 0.687. The minimum absolute atomic E-state index is 0.0553. The predicted molar refractivity (Wildman–Crippen MR) is 90.8 cm³/mol. The molecule has 5 nitrogen and oxygen atoms in total. The van der Waals surface area contributed by atoms with Crippen LogP contribution in [0.1, 0.15) is 0 Å². The van der Waals surface area contributed by atoms with Crippen LogP contribution in [0.15, 0.2) is 59.8 Å². The molecule has 3 aromatic rings. The van der Waals surface area contributed by atoms with Crippen LogP contribution < -0.4 is 4.72 Å². The van der Waals surface area contributed by atoms with Crippen LogP contribution in [0.2, 0.25) is 10.3 Å². The fourth-order valence-corrected chi connectivity index (χ4v) is 3.78. The van der Waals surface area contributed by atoms with Crippen molar-refractivity contribution in [3.05, 3.63) is 71.0 Å². The molecule has 0 atom stereocenters. The summed E-state index contributed by atoms with van der Waals surface area (Å²) in [5.74, 6) is -0.715. The number of hydrogen-bond donors (Lipinski definition) is 1. The summed E-state index contributed by atoms with van der Waals surface area (Å²) in [5, 5.41) is -0.239. The Labute approximate surface area is 147 Å². The number of halogens is 3. The molecular weight excluding hydrogens is 376 g/mol. The molecule has 0 aliphatic heterocycles. The zero-order chi connectivity index (χ0) is 17.3. The van der Waals surface area contributed by atoms with Gasteiger partial charge < -0.3 is 4.57 Å². The highest BCUT2D eigenvalue weighted by Gasteiger charge is 2.21. The fourth-order valence-electron chi connectivity index (χ4n) is 2.06. The molecule has 0 saturated heterocycles. The Morgan fingerprint density at radius 3 is 2.46 bits per heavy atom. The lowest BCUT2D eigenvalue weighted by molar-refractivity contribution is 0.598. The summed E-state index contributed by atoms with van der Waals surface area (Å²) in [6.07, 6.45) is 3.51. The number of aromatic nitrogens is 2. The van der Waals surface area contributed by atoms with E-state index in [1.54, 1.807) is 29.1 Å². The first-order valence-corrected chi connectivity index (χ1v) is 8.88. The number of pyridine rings is 1. The van der Waals surface area contributed by atoms with E-state index in [-0.39, 0.29) is 20.9 Å². The Hall–Kier alpha value is -2.09. The van der Waals surface area contributed by atoms with E-state index in [1.807, 2.05) is 0 Å². The molecular formula is C15H10Cl2FN3O2S. The largest absolute Gasteiger partial charge is 0.324 e. The second kappa shape index (κ2) is 6.43. The topological polar surface area (TPSA) is 64.0 Å². The highest BCUT2D eigenvalue weighted by atomic mass is 35.5. The van der Waals surface area contributed by atoms with Crippen LogP contribution in [0.25, 0.3) is 5.69 Å². The summed E-state index contributed by atoms with van der Waals surface area (Å²) in [7, 11) is -4.12. The van der Waals surface area contributed by atoms with Crippen LogP contribution >= 0.6 is 23.2 Å². The first kappa shape index (κ1) is 16.8. The van der Waals surface area contributed by atoms with Gasteiger partial charge in [0.15, 0.2) is 5.15 Å². The number of anilines is 1. The van der Waals surface area contributed by atoms with Gasteiger partial charge in [0.05, 0.1) is 5.69 Å². The van der Waals surface area contributed by atoms with Gasteiger partial charge in [0.25, 0.3) is 10.0 Å². The van der Waals surface area contributed by atoms with Crippen molar-refractivity contribution in [1.82, 2.24) is 9.55 Å². The van der Waals surface area contributed by atoms with Crippen molar-refractivity contribution in [2.45, 2.75) is 4.90 Å². The summed E-state index contributed by atoms with van der Waals surface area (Å²) < 4.78 is 42.8. The van der Waals surface area contributed by atoms with Crippen LogP contribution in [0.3, 0.4) is 0 Å². The Kier molecular flexibility index (Phi) is 4.49. The van der Waals surface area contributed by atoms with Gasteiger partial charge in [-0.15, -0.1) is 0 Å². The van der Waals surface area contributed by atoms with E-state index >= 15 is 0 Å². The zero-order valence-electron chi connectivity index (χ0n) is 11.9. The number of nitrogens with zero attached hydrogens (tertiary/aromatic N) is 2. The molecule has 2 aromatic heterocycles. The second-order valence-electron chi connectivity index (χ2n) is 4.78. The van der Waals surface area contributed by atoms with E-state index in [9.17, 15) is 12.8 Å². The van der Waals surface area contributed by atoms with E-state index in [2.05, 4.69) is 9.71 Å². The van der Waals surface area contributed by atoms with Crippen LogP contribution in [0.4, 0.5) is 10.1 Å². The summed E-state index contributed by atoms with van der Waals surface area (Å²) in [4.78, 5) is 3.38. The maximum atomic E-state index is 14.0. The molecule has 124 valence electrons. The molecule has 0 saturated carbocycles. The molecule has 0 amide bonds. The summed E-state index contributed by atoms with van der Waals surface area (Å²) in [6, 6.07) is 10.2. The fraction of sp³-hybridized carbons (Fsp3) is 0. The monoisotopic (exact) mass is 385 g/mol. The molecule has 1 aromatic carbocycles. The van der Waals surface area contributed by atoms with Gasteiger partial charge in [-0.25, -0.2) is 17.8 Å². The summed E-state index contributed by atoms with van der Waals surface area (Å²) in [6.45, 7) is 0. The van der Waals surface area contributed by atoms with Crippen molar-refractivity contribution in [1.29, 1.82) is 0 Å². The van der Waals surface area contributed by atoms with Crippen LogP contribution in [-0.4, -0.2) is 18.0 Å². The first-order valence-electron chi connectivity index (χ1n) is 6.64. The van der Waals surface area contributed by atoms with Crippen molar-refractivity contribution in [2.75, 3.05) is 4.72 Å². The maximum Gasteiger partial charge on any atom is 0.265 e. The number of sulfonamides is 1. The van der Waals surface area contributed by atoms with Crippen LogP contribution in [0, 0.1) is 5.82 Å². The molecule has 0 unspecified atom stereocenters. The third-order valence-corrected chi connectivity index (χ3v) is 5.17. The Bertz CT molecular complexity index is 992. The zero-order valence-corrected chi connectivity index (χ0v) is 14.3. The van der Waals surface area contributed by atoms with Crippen LogP contribution in [-0.2, 0) is 10.0 Å². The Balaban J connectivity index is 1.99. The lowest BCUT2D eigenvalue weighted by Gasteiger charge is -2.12. The van der Waals surface area contributed by atoms with Gasteiger partial charge in [0, 0.05) is 18.1 Å². The van der Waals surface area contributed by atoms with Crippen molar-refractivity contribution in [3.8, 4) is 5.69 Å². The van der Waals surface area contributed by atoms with Crippen molar-refractivity contribution < 1.29 is 12.8 Å². The van der Waals surface area contributed by atoms with Crippen molar-refractivity contribution in [3.63, 3.8) is 0 Å². The summed E-state index contributed by atoms with van der Waals surface area (Å²) in [5.41, 5.74) is 0.395. The predicted octanol–water partition coefficient (Wildman–Crippen LogP) is 4.12. The molecule has 24 heavy (non-hydrogen) atoms. The third kappa shape index (κ3) is 3.38. The average molecular weight is 386 g/mol. The standard InChI is InChI=1S/C15H10Cl2FN3O2S/c16-14-6-5-13(15(17)19-14)24(22,23)20-12-9-10(3-4-11(12)18)21-7-1-2-8-21/h1-9,20H. The number of benzene rings is 1. The van der Waals surface area contributed by atoms with E-state index in [0.29, 0.717) is 5.69 Å². The summed E-state index contributed by atoms with van der Waals surface area (Å²) >= 11 is 11.5. The number of hydrogen-bond acceptors (Lipinski definition) is 3. The minimum atomic E-state index is -4.12. The molecule has 1 N–H and O–H groups in total. The molecule has 0 radical (unpaired) electrons. The van der Waals surface area contributed by atoms with E-state index in [1.165, 1.54) is 30.3 Å². The normalized spacial score (nSPS) is 11.5. The van der Waals surface area contributed by atoms with Gasteiger partial charge >= 0.3 is 0 Å². The lowest BCUT2D eigenvalue weighted by atomic mass is 10.2. The molecule has 0 aliphatic carbocycles. The molecule has 3 rings (SSSR count). The minimum Gasteiger partial charge on any atom is -0.324 e. The smallest absolute Gasteiger partial charge is 0.265 e. The molecule has 9 heteroatoms. The molecule has 0 bridgehead atoms. The average Bonchev–Trinajstić information content (AvgIpc) is 3.03. The van der Waals surface area contributed by atoms with Gasteiger partial charge in [-0.2, -0.15) is 0 Å². The highest BCUT2D eigenvalue weighted by Crippen LogP contribution is 2.26. The molecule has 0 fully saturated rings. The Morgan fingerprint density at radius 1 is 1.08 bits per heavy atom. The second-order valence-corrected chi connectivity index (χ2v) is 7.18. The molecule has 2 heterocycles. The van der Waals surface area contributed by atoms with Gasteiger partial charge in [-0.1, -0.05) is 23.2 Å². The van der Waals surface area contributed by atoms with E-state index < -0.39 is 15.8 Å². The van der Waals surface area contributed by atoms with Gasteiger partial charge in [0.1, 0.15) is 15.9 Å². The SMILES string of the molecule is O=S(=O)(Nc1cc(-n2cccc2)ccc1F)c1ccc(Cl)nc1Cl. The molecule has 0 aliphatic rings. The van der Waals surface area contributed by atoms with Gasteiger partial charge in [-0.05, 0) is 42.5 Å². The van der Waals surface area contributed by atoms with Gasteiger partial charge in [-0.3, -0.25) is 4.72 Å². The van der Waals surface area contributed by atoms with Crippen molar-refractivity contribution in [2.24, 2.45) is 0 Å². The van der Waals surface area contributed by atoms with E-state index in [4.69, 9.17) is 23.2 Å². The van der Waals surface area contributed by atoms with Gasteiger partial charge in [0.2, 0.25) is 0 Å². The van der Waals surface area contributed by atoms with Crippen molar-refractivity contribution >= 4 is 38.9 Å². The lowest BCUT2D eigenvalue weighted by Crippen LogP contribution is -2.15. The van der Waals surface area contributed by atoms with E-state index in [0.717, 1.165) is 0 Å². The number of nitrogens with one attached hydrogen (secondary N) is 1. The Morgan fingerprint density at radius 2 is 1.79 bits per heavy atom. The van der Waals surface area contributed by atoms with Crippen LogP contribution in [0.5, 0.6) is 0 Å². The maximum absolute atomic E-state index is 14.0.